The second kappa shape index (κ2) is 11.5. The molecule has 0 atom stereocenters. The number of hydrogen-bond donors (Lipinski definition) is 0. The number of hydrogen-bond acceptors (Lipinski definition) is 4. The topological polar surface area (TPSA) is 72.3 Å². The number of aromatic nitrogens is 2. The summed E-state index contributed by atoms with van der Waals surface area (Å²) < 4.78 is 41.8. The van der Waals surface area contributed by atoms with Gasteiger partial charge in [0, 0.05) is 11.6 Å². The van der Waals surface area contributed by atoms with Crippen LogP contribution in [-0.4, -0.2) is 35.3 Å². The minimum Gasteiger partial charge on any atom is -0.333 e. The quantitative estimate of drug-likeness (QED) is 0.251. The van der Waals surface area contributed by atoms with Crippen LogP contribution in [0.5, 0.6) is 0 Å². The lowest BCUT2D eigenvalue weighted by molar-refractivity contribution is 0.0749. The van der Waals surface area contributed by atoms with Gasteiger partial charge in [0.2, 0.25) is 15.0 Å². The Bertz CT molecular complexity index is 1510. The summed E-state index contributed by atoms with van der Waals surface area (Å²) in [4.78, 5) is 19.1. The highest BCUT2D eigenvalue weighted by Crippen LogP contribution is 2.25. The third-order valence-corrected chi connectivity index (χ3v) is 7.96. The van der Waals surface area contributed by atoms with Crippen LogP contribution in [0.1, 0.15) is 34.1 Å². The van der Waals surface area contributed by atoms with Gasteiger partial charge in [-0.05, 0) is 48.4 Å². The number of imidazole rings is 1. The van der Waals surface area contributed by atoms with Gasteiger partial charge in [0.15, 0.2) is 0 Å². The first kappa shape index (κ1) is 26.9. The molecule has 0 aliphatic carbocycles. The normalized spacial score (nSPS) is 11.5. The maximum atomic E-state index is 13.4. The Morgan fingerprint density at radius 1 is 1.00 bits per heavy atom. The van der Waals surface area contributed by atoms with Gasteiger partial charge in [-0.15, -0.1) is 0 Å². The highest BCUT2D eigenvalue weighted by Gasteiger charge is 2.26. The molecular formula is C27H24Cl2FN3O3S. The van der Waals surface area contributed by atoms with Gasteiger partial charge >= 0.3 is 0 Å². The Morgan fingerprint density at radius 3 is 2.35 bits per heavy atom. The van der Waals surface area contributed by atoms with Crippen LogP contribution < -0.4 is 0 Å². The first-order valence-electron chi connectivity index (χ1n) is 11.5. The van der Waals surface area contributed by atoms with Crippen LogP contribution in [0.2, 0.25) is 10.0 Å². The molecule has 10 heteroatoms. The number of nitrogens with zero attached hydrogens (tertiary/aromatic N) is 3. The fraction of sp³-hybridized carbons (Fsp3) is 0.185. The van der Waals surface area contributed by atoms with Crippen LogP contribution in [0, 0.1) is 5.82 Å². The summed E-state index contributed by atoms with van der Waals surface area (Å²) in [7, 11) is -3.89. The minimum atomic E-state index is -3.89. The van der Waals surface area contributed by atoms with Crippen molar-refractivity contribution in [2.24, 2.45) is 0 Å². The number of carbonyl (C=O) groups is 1. The molecule has 0 saturated heterocycles. The Morgan fingerprint density at radius 2 is 1.70 bits per heavy atom. The van der Waals surface area contributed by atoms with Gasteiger partial charge in [0.25, 0.3) is 5.91 Å². The van der Waals surface area contributed by atoms with Gasteiger partial charge in [-0.3, -0.25) is 4.79 Å². The molecule has 0 saturated carbocycles. The summed E-state index contributed by atoms with van der Waals surface area (Å²) in [5.41, 5.74) is 2.16. The zero-order valence-electron chi connectivity index (χ0n) is 19.9. The van der Waals surface area contributed by atoms with E-state index in [1.54, 1.807) is 21.6 Å². The molecule has 0 fully saturated rings. The van der Waals surface area contributed by atoms with Crippen LogP contribution in [-0.2, 0) is 28.7 Å². The zero-order chi connectivity index (χ0) is 26.6. The molecule has 0 aliphatic rings. The summed E-state index contributed by atoms with van der Waals surface area (Å²) in [6.07, 6.45) is 1.47. The van der Waals surface area contributed by atoms with E-state index in [9.17, 15) is 17.6 Å². The van der Waals surface area contributed by atoms with Crippen molar-refractivity contribution in [2.75, 3.05) is 6.54 Å². The zero-order valence-corrected chi connectivity index (χ0v) is 22.3. The Balaban J connectivity index is 1.70. The SMILES string of the molecule is CCN(Cc1cnc(S(=O)(=O)Cc2ccc(F)cc2)n1Cc1ccccc1)C(=O)c1ccc(Cl)cc1Cl. The van der Waals surface area contributed by atoms with E-state index in [2.05, 4.69) is 4.98 Å². The number of halogens is 3. The molecule has 4 aromatic rings. The van der Waals surface area contributed by atoms with Crippen molar-refractivity contribution in [2.45, 2.75) is 30.9 Å². The first-order chi connectivity index (χ1) is 17.7. The monoisotopic (exact) mass is 559 g/mol. The van der Waals surface area contributed by atoms with E-state index in [0.29, 0.717) is 28.4 Å². The second-order valence-corrected chi connectivity index (χ2v) is 11.2. The van der Waals surface area contributed by atoms with Gasteiger partial charge in [-0.1, -0.05) is 65.7 Å². The second-order valence-electron chi connectivity index (χ2n) is 8.43. The van der Waals surface area contributed by atoms with Crippen molar-refractivity contribution >= 4 is 38.9 Å². The summed E-state index contributed by atoms with van der Waals surface area (Å²) in [6.45, 7) is 2.53. The first-order valence-corrected chi connectivity index (χ1v) is 13.9. The van der Waals surface area contributed by atoms with Crippen molar-refractivity contribution < 1.29 is 17.6 Å². The standard InChI is InChI=1S/C27H24Cl2FN3O3S/c1-2-32(26(34)24-13-10-21(28)14-25(24)29)17-23-15-31-27(33(23)16-19-6-4-3-5-7-19)37(35,36)18-20-8-11-22(30)12-9-20/h3-15H,2,16-18H2,1H3. The highest BCUT2D eigenvalue weighted by atomic mass is 35.5. The molecule has 0 N–H and O–H groups in total. The lowest BCUT2D eigenvalue weighted by Crippen LogP contribution is -2.31. The fourth-order valence-corrected chi connectivity index (χ4v) is 5.90. The Labute approximate surface area is 225 Å². The predicted molar refractivity (Wildman–Crippen MR) is 142 cm³/mol. The average Bonchev–Trinajstić information content (AvgIpc) is 3.27. The molecule has 4 rings (SSSR count). The van der Waals surface area contributed by atoms with Crippen molar-refractivity contribution in [3.63, 3.8) is 0 Å². The number of amides is 1. The summed E-state index contributed by atoms with van der Waals surface area (Å²) in [5, 5.41) is 0.529. The number of carbonyl (C=O) groups excluding carboxylic acids is 1. The average molecular weight is 560 g/mol. The van der Waals surface area contributed by atoms with Crippen molar-refractivity contribution in [1.82, 2.24) is 14.5 Å². The predicted octanol–water partition coefficient (Wildman–Crippen LogP) is 6.01. The maximum absolute atomic E-state index is 13.4. The maximum Gasteiger partial charge on any atom is 0.255 e. The molecule has 0 bridgehead atoms. The highest BCUT2D eigenvalue weighted by molar-refractivity contribution is 7.90. The Hall–Kier alpha value is -3.20. The van der Waals surface area contributed by atoms with E-state index in [0.717, 1.165) is 5.56 Å². The van der Waals surface area contributed by atoms with Gasteiger partial charge < -0.3 is 9.47 Å². The molecule has 0 aliphatic heterocycles. The summed E-state index contributed by atoms with van der Waals surface area (Å²) in [5.74, 6) is -1.10. The molecule has 6 nitrogen and oxygen atoms in total. The van der Waals surface area contributed by atoms with E-state index < -0.39 is 15.7 Å². The van der Waals surface area contributed by atoms with Crippen LogP contribution >= 0.6 is 23.2 Å². The fourth-order valence-electron chi connectivity index (χ4n) is 3.92. The molecule has 37 heavy (non-hydrogen) atoms. The molecule has 0 unspecified atom stereocenters. The summed E-state index contributed by atoms with van der Waals surface area (Å²) in [6, 6.07) is 19.3. The van der Waals surface area contributed by atoms with Gasteiger partial charge in [0.05, 0.1) is 41.3 Å². The van der Waals surface area contributed by atoms with E-state index in [4.69, 9.17) is 23.2 Å². The van der Waals surface area contributed by atoms with E-state index in [1.807, 2.05) is 37.3 Å². The summed E-state index contributed by atoms with van der Waals surface area (Å²) >= 11 is 12.2. The lowest BCUT2D eigenvalue weighted by Gasteiger charge is -2.23. The molecule has 1 heterocycles. The van der Waals surface area contributed by atoms with Gasteiger partial charge in [-0.25, -0.2) is 17.8 Å². The van der Waals surface area contributed by atoms with Gasteiger partial charge in [0.1, 0.15) is 5.82 Å². The third-order valence-electron chi connectivity index (χ3n) is 5.82. The van der Waals surface area contributed by atoms with E-state index in [1.165, 1.54) is 36.5 Å². The van der Waals surface area contributed by atoms with Gasteiger partial charge in [-0.2, -0.15) is 0 Å². The smallest absolute Gasteiger partial charge is 0.255 e. The lowest BCUT2D eigenvalue weighted by atomic mass is 10.2. The minimum absolute atomic E-state index is 0.111. The molecule has 0 radical (unpaired) electrons. The van der Waals surface area contributed by atoms with E-state index >= 15 is 0 Å². The van der Waals surface area contributed by atoms with Crippen LogP contribution in [0.25, 0.3) is 0 Å². The molecule has 1 aromatic heterocycles. The van der Waals surface area contributed by atoms with Crippen LogP contribution in [0.15, 0.2) is 84.1 Å². The molecule has 192 valence electrons. The molecular weight excluding hydrogens is 536 g/mol. The van der Waals surface area contributed by atoms with Crippen LogP contribution in [0.3, 0.4) is 0 Å². The number of rotatable bonds is 9. The largest absolute Gasteiger partial charge is 0.333 e. The van der Waals surface area contributed by atoms with Crippen molar-refractivity contribution in [3.8, 4) is 0 Å². The molecule has 0 spiro atoms. The van der Waals surface area contributed by atoms with Crippen LogP contribution in [0.4, 0.5) is 4.39 Å². The van der Waals surface area contributed by atoms with Crippen molar-refractivity contribution in [3.05, 3.63) is 117 Å². The molecule has 3 aromatic carbocycles. The Kier molecular flexibility index (Phi) is 8.32. The third kappa shape index (κ3) is 6.39. The van der Waals surface area contributed by atoms with Crippen molar-refractivity contribution in [1.29, 1.82) is 0 Å². The number of sulfone groups is 1. The van der Waals surface area contributed by atoms with E-state index in [-0.39, 0.29) is 34.9 Å². The molecule has 1 amide bonds. The number of benzene rings is 3.